The first kappa shape index (κ1) is 15.5. The van der Waals surface area contributed by atoms with Gasteiger partial charge in [-0.2, -0.15) is 5.10 Å². The zero-order chi connectivity index (χ0) is 14.9. The van der Waals surface area contributed by atoms with Gasteiger partial charge in [-0.1, -0.05) is 18.5 Å². The Labute approximate surface area is 129 Å². The van der Waals surface area contributed by atoms with Crippen LogP contribution in [0.15, 0.2) is 11.4 Å². The zero-order valence-electron chi connectivity index (χ0n) is 12.4. The predicted octanol–water partition coefficient (Wildman–Crippen LogP) is 3.94. The van der Waals surface area contributed by atoms with Crippen LogP contribution in [0.4, 0.5) is 0 Å². The molecule has 0 saturated heterocycles. The van der Waals surface area contributed by atoms with Crippen LogP contribution in [-0.4, -0.2) is 14.9 Å². The molecule has 0 aliphatic rings. The molecular formula is C15H21ClN2OS. The van der Waals surface area contributed by atoms with Crippen LogP contribution >= 0.6 is 22.9 Å². The van der Waals surface area contributed by atoms with E-state index in [1.807, 2.05) is 43.8 Å². The molecule has 2 rings (SSSR count). The molecule has 0 aliphatic carbocycles. The van der Waals surface area contributed by atoms with Gasteiger partial charge in [-0.25, -0.2) is 0 Å². The first-order valence-corrected chi connectivity index (χ1v) is 8.17. The molecule has 2 heterocycles. The third-order valence-electron chi connectivity index (χ3n) is 3.56. The number of aliphatic hydroxyl groups is 1. The molecule has 1 N–H and O–H groups in total. The summed E-state index contributed by atoms with van der Waals surface area (Å²) in [6.45, 7) is 8.71. The summed E-state index contributed by atoms with van der Waals surface area (Å²) in [5.74, 6) is 0. The zero-order valence-corrected chi connectivity index (χ0v) is 14.0. The van der Waals surface area contributed by atoms with Gasteiger partial charge < -0.3 is 5.11 Å². The molecule has 0 bridgehead atoms. The molecule has 110 valence electrons. The molecule has 0 fully saturated rings. The third-order valence-corrected chi connectivity index (χ3v) is 5.26. The van der Waals surface area contributed by atoms with Crippen LogP contribution in [0, 0.1) is 6.92 Å². The van der Waals surface area contributed by atoms with Gasteiger partial charge in [0.1, 0.15) is 5.60 Å². The summed E-state index contributed by atoms with van der Waals surface area (Å²) in [5, 5.41) is 18.1. The monoisotopic (exact) mass is 312 g/mol. The van der Waals surface area contributed by atoms with Crippen LogP contribution in [0.25, 0.3) is 0 Å². The van der Waals surface area contributed by atoms with Gasteiger partial charge in [0.05, 0.1) is 16.4 Å². The SMILES string of the molecule is CCc1nn(CC)c(CC(C)(O)c2sccc2C)c1Cl. The summed E-state index contributed by atoms with van der Waals surface area (Å²) in [6, 6.07) is 2.03. The Morgan fingerprint density at radius 1 is 1.45 bits per heavy atom. The fraction of sp³-hybridized carbons (Fsp3) is 0.533. The minimum absolute atomic E-state index is 0.480. The standard InChI is InChI=1S/C15H21ClN2OS/c1-5-11-13(16)12(18(6-2)17-11)9-15(4,19)14-10(3)7-8-20-14/h7-8,19H,5-6,9H2,1-4H3. The second-order valence-corrected chi connectivity index (χ2v) is 6.55. The van der Waals surface area contributed by atoms with E-state index in [2.05, 4.69) is 5.10 Å². The molecule has 2 aromatic heterocycles. The number of nitrogens with zero attached hydrogens (tertiary/aromatic N) is 2. The fourth-order valence-corrected chi connectivity index (χ4v) is 3.84. The van der Waals surface area contributed by atoms with Crippen molar-refractivity contribution in [2.75, 3.05) is 0 Å². The minimum atomic E-state index is -0.917. The van der Waals surface area contributed by atoms with Crippen LogP contribution in [0.5, 0.6) is 0 Å². The van der Waals surface area contributed by atoms with E-state index in [1.165, 1.54) is 0 Å². The molecule has 2 aromatic rings. The molecular weight excluding hydrogens is 292 g/mol. The summed E-state index contributed by atoms with van der Waals surface area (Å²) in [5.41, 5.74) is 2.03. The highest BCUT2D eigenvalue weighted by Gasteiger charge is 2.30. The van der Waals surface area contributed by atoms with Crippen molar-refractivity contribution in [1.82, 2.24) is 9.78 Å². The number of hydrogen-bond donors (Lipinski definition) is 1. The van der Waals surface area contributed by atoms with Crippen molar-refractivity contribution in [3.8, 4) is 0 Å². The molecule has 0 saturated carbocycles. The molecule has 0 spiro atoms. The average Bonchev–Trinajstić information content (AvgIpc) is 2.95. The Morgan fingerprint density at radius 3 is 2.65 bits per heavy atom. The number of hydrogen-bond acceptors (Lipinski definition) is 3. The van der Waals surface area contributed by atoms with E-state index in [9.17, 15) is 5.11 Å². The lowest BCUT2D eigenvalue weighted by molar-refractivity contribution is 0.0587. The van der Waals surface area contributed by atoms with Crippen LogP contribution in [-0.2, 0) is 25.0 Å². The Kier molecular flexibility index (Phi) is 4.57. The van der Waals surface area contributed by atoms with Crippen molar-refractivity contribution in [3.63, 3.8) is 0 Å². The van der Waals surface area contributed by atoms with Gasteiger partial charge in [0.2, 0.25) is 0 Å². The summed E-state index contributed by atoms with van der Waals surface area (Å²) in [4.78, 5) is 0.996. The summed E-state index contributed by atoms with van der Waals surface area (Å²) >= 11 is 8.01. The van der Waals surface area contributed by atoms with Crippen molar-refractivity contribution >= 4 is 22.9 Å². The maximum absolute atomic E-state index is 10.8. The van der Waals surface area contributed by atoms with Gasteiger partial charge in [0.15, 0.2) is 0 Å². The van der Waals surface area contributed by atoms with Gasteiger partial charge in [-0.15, -0.1) is 11.3 Å². The lowest BCUT2D eigenvalue weighted by atomic mass is 9.95. The second-order valence-electron chi connectivity index (χ2n) is 5.26. The third kappa shape index (κ3) is 2.78. The lowest BCUT2D eigenvalue weighted by Crippen LogP contribution is -2.25. The van der Waals surface area contributed by atoms with Crippen LogP contribution in [0.1, 0.15) is 42.6 Å². The molecule has 3 nitrogen and oxygen atoms in total. The predicted molar refractivity (Wildman–Crippen MR) is 84.6 cm³/mol. The number of aromatic nitrogens is 2. The second kappa shape index (κ2) is 5.88. The topological polar surface area (TPSA) is 38.0 Å². The molecule has 1 atom stereocenters. The van der Waals surface area contributed by atoms with E-state index >= 15 is 0 Å². The quantitative estimate of drug-likeness (QED) is 0.908. The molecule has 0 amide bonds. The molecule has 20 heavy (non-hydrogen) atoms. The molecule has 5 heteroatoms. The smallest absolute Gasteiger partial charge is 0.102 e. The maximum atomic E-state index is 10.8. The van der Waals surface area contributed by atoms with Gasteiger partial charge in [-0.05, 0) is 44.2 Å². The Morgan fingerprint density at radius 2 is 2.15 bits per heavy atom. The van der Waals surface area contributed by atoms with Crippen molar-refractivity contribution in [1.29, 1.82) is 0 Å². The Bertz CT molecular complexity index is 601. The molecule has 0 aromatic carbocycles. The van der Waals surface area contributed by atoms with E-state index in [0.29, 0.717) is 11.4 Å². The van der Waals surface area contributed by atoms with E-state index in [1.54, 1.807) is 11.3 Å². The van der Waals surface area contributed by atoms with Crippen LogP contribution in [0.2, 0.25) is 5.02 Å². The lowest BCUT2D eigenvalue weighted by Gasteiger charge is -2.23. The largest absolute Gasteiger partial charge is 0.384 e. The number of thiophene rings is 1. The van der Waals surface area contributed by atoms with E-state index in [-0.39, 0.29) is 0 Å². The first-order valence-electron chi connectivity index (χ1n) is 6.91. The highest BCUT2D eigenvalue weighted by Crippen LogP contribution is 2.34. The number of halogens is 1. The maximum Gasteiger partial charge on any atom is 0.102 e. The van der Waals surface area contributed by atoms with Crippen LogP contribution < -0.4 is 0 Å². The van der Waals surface area contributed by atoms with Gasteiger partial charge >= 0.3 is 0 Å². The van der Waals surface area contributed by atoms with Crippen molar-refractivity contribution in [2.24, 2.45) is 0 Å². The van der Waals surface area contributed by atoms with Crippen molar-refractivity contribution in [3.05, 3.63) is 38.3 Å². The van der Waals surface area contributed by atoms with Gasteiger partial charge in [-0.3, -0.25) is 4.68 Å². The molecule has 0 radical (unpaired) electrons. The van der Waals surface area contributed by atoms with Crippen LogP contribution in [0.3, 0.4) is 0 Å². The normalized spacial score (nSPS) is 14.5. The Hall–Kier alpha value is -0.840. The average molecular weight is 313 g/mol. The van der Waals surface area contributed by atoms with Gasteiger partial charge in [0, 0.05) is 17.8 Å². The fourth-order valence-electron chi connectivity index (χ4n) is 2.52. The van der Waals surface area contributed by atoms with Gasteiger partial charge in [0.25, 0.3) is 0 Å². The minimum Gasteiger partial charge on any atom is -0.384 e. The summed E-state index contributed by atoms with van der Waals surface area (Å²) < 4.78 is 1.90. The van der Waals surface area contributed by atoms with Crippen molar-refractivity contribution in [2.45, 2.75) is 52.7 Å². The molecule has 0 aliphatic heterocycles. The summed E-state index contributed by atoms with van der Waals surface area (Å²) in [7, 11) is 0. The van der Waals surface area contributed by atoms with E-state index < -0.39 is 5.60 Å². The Balaban J connectivity index is 2.39. The van der Waals surface area contributed by atoms with E-state index in [4.69, 9.17) is 11.6 Å². The first-order chi connectivity index (χ1) is 9.40. The summed E-state index contributed by atoms with van der Waals surface area (Å²) in [6.07, 6.45) is 1.28. The van der Waals surface area contributed by atoms with Crippen molar-refractivity contribution < 1.29 is 5.11 Å². The molecule has 1 unspecified atom stereocenters. The number of rotatable bonds is 5. The number of aryl methyl sites for hydroxylation is 3. The highest BCUT2D eigenvalue weighted by atomic mass is 35.5. The van der Waals surface area contributed by atoms with E-state index in [0.717, 1.165) is 34.8 Å². The highest BCUT2D eigenvalue weighted by molar-refractivity contribution is 7.10.